The van der Waals surface area contributed by atoms with Crippen LogP contribution in [0.4, 0.5) is 0 Å². The summed E-state index contributed by atoms with van der Waals surface area (Å²) in [7, 11) is 4.33. The Morgan fingerprint density at radius 2 is 1.96 bits per heavy atom. The summed E-state index contributed by atoms with van der Waals surface area (Å²) in [5.41, 5.74) is 1.23. The molecule has 2 rings (SSSR count). The van der Waals surface area contributed by atoms with Crippen molar-refractivity contribution in [3.8, 4) is 22.9 Å². The number of carbonyl (C=O) groups excluding carboxylic acids is 1. The summed E-state index contributed by atoms with van der Waals surface area (Å²) in [5, 5.41) is 12.2. The molecule has 0 aliphatic rings. The van der Waals surface area contributed by atoms with Crippen molar-refractivity contribution in [2.75, 3.05) is 21.3 Å². The lowest BCUT2D eigenvalue weighted by molar-refractivity contribution is 0.0593. The fraction of sp³-hybridized carbons (Fsp3) is 0.526. The van der Waals surface area contributed by atoms with Gasteiger partial charge in [0.25, 0.3) is 0 Å². The quantitative estimate of drug-likeness (QED) is 0.487. The number of hydrogen-bond acceptors (Lipinski definition) is 8. The normalized spacial score (nSPS) is 11.9. The second-order valence-corrected chi connectivity index (χ2v) is 7.10. The van der Waals surface area contributed by atoms with Crippen molar-refractivity contribution in [3.05, 3.63) is 22.1 Å². The maximum Gasteiger partial charge on any atom is 0.356 e. The van der Waals surface area contributed by atoms with E-state index in [1.165, 1.54) is 27.4 Å². The smallest absolute Gasteiger partial charge is 0.356 e. The van der Waals surface area contributed by atoms with E-state index in [0.717, 1.165) is 37.1 Å². The minimum Gasteiger partial charge on any atom is -0.493 e. The maximum absolute atomic E-state index is 11.9. The van der Waals surface area contributed by atoms with Gasteiger partial charge in [0.15, 0.2) is 17.2 Å². The summed E-state index contributed by atoms with van der Waals surface area (Å²) >= 11 is 1.55. The second-order valence-electron chi connectivity index (χ2n) is 6.16. The highest BCUT2D eigenvalue weighted by Crippen LogP contribution is 2.37. The highest BCUT2D eigenvalue weighted by Gasteiger charge is 2.21. The van der Waals surface area contributed by atoms with E-state index in [2.05, 4.69) is 9.97 Å². The van der Waals surface area contributed by atoms with Gasteiger partial charge >= 0.3 is 5.97 Å². The Morgan fingerprint density at radius 3 is 2.59 bits per heavy atom. The van der Waals surface area contributed by atoms with Crippen molar-refractivity contribution in [2.45, 2.75) is 45.1 Å². The Hall–Kier alpha value is -2.19. The number of thiazole rings is 1. The number of methoxy groups -OCH3 is 3. The molecule has 0 fully saturated rings. The van der Waals surface area contributed by atoms with Crippen molar-refractivity contribution < 1.29 is 24.1 Å². The van der Waals surface area contributed by atoms with Crippen LogP contribution in [0.25, 0.3) is 11.4 Å². The Labute approximate surface area is 163 Å². The number of ether oxygens (including phenoxy) is 3. The largest absolute Gasteiger partial charge is 0.493 e. The lowest BCUT2D eigenvalue weighted by Gasteiger charge is -2.12. The number of aliphatic hydroxyl groups is 1. The number of aromatic nitrogens is 2. The minimum atomic E-state index is -0.550. The van der Waals surface area contributed by atoms with Crippen molar-refractivity contribution in [1.29, 1.82) is 0 Å². The predicted molar refractivity (Wildman–Crippen MR) is 104 cm³/mol. The van der Waals surface area contributed by atoms with Gasteiger partial charge < -0.3 is 19.3 Å². The number of hydrogen-bond donors (Lipinski definition) is 1. The molecule has 148 valence electrons. The number of carbonyl (C=O) groups is 1. The van der Waals surface area contributed by atoms with Gasteiger partial charge in [0.05, 0.1) is 32.4 Å². The first-order chi connectivity index (χ1) is 13.0. The van der Waals surface area contributed by atoms with E-state index in [4.69, 9.17) is 14.2 Å². The average Bonchev–Trinajstić information content (AvgIpc) is 3.14. The van der Waals surface area contributed by atoms with Crippen LogP contribution in [-0.2, 0) is 11.2 Å². The van der Waals surface area contributed by atoms with Gasteiger partial charge in [-0.1, -0.05) is 12.8 Å². The molecule has 0 bridgehead atoms. The third kappa shape index (κ3) is 5.64. The van der Waals surface area contributed by atoms with Crippen LogP contribution in [0.3, 0.4) is 0 Å². The van der Waals surface area contributed by atoms with Crippen LogP contribution in [0, 0.1) is 0 Å². The van der Waals surface area contributed by atoms with Crippen LogP contribution in [0.2, 0.25) is 0 Å². The van der Waals surface area contributed by atoms with Crippen molar-refractivity contribution in [3.63, 3.8) is 0 Å². The molecule has 8 heteroatoms. The van der Waals surface area contributed by atoms with Gasteiger partial charge in [-0.25, -0.2) is 14.8 Å². The summed E-state index contributed by atoms with van der Waals surface area (Å²) in [5.74, 6) is 0.278. The van der Waals surface area contributed by atoms with Crippen molar-refractivity contribution in [1.82, 2.24) is 9.97 Å². The van der Waals surface area contributed by atoms with Gasteiger partial charge in [-0.3, -0.25) is 0 Å². The summed E-state index contributed by atoms with van der Waals surface area (Å²) in [6.07, 6.45) is 4.50. The molecule has 0 aromatic carbocycles. The number of pyridine rings is 1. The van der Waals surface area contributed by atoms with Gasteiger partial charge in [-0.2, -0.15) is 0 Å². The van der Waals surface area contributed by atoms with Crippen LogP contribution >= 0.6 is 11.3 Å². The molecule has 1 N–H and O–H groups in total. The molecular formula is C19H26N2O5S. The first-order valence-corrected chi connectivity index (χ1v) is 9.72. The fourth-order valence-electron chi connectivity index (χ4n) is 2.67. The molecule has 2 aromatic rings. The topological polar surface area (TPSA) is 90.8 Å². The summed E-state index contributed by atoms with van der Waals surface area (Å²) < 4.78 is 15.5. The third-order valence-electron chi connectivity index (χ3n) is 4.06. The number of aliphatic hydroxyl groups excluding tert-OH is 1. The molecule has 7 nitrogen and oxygen atoms in total. The first-order valence-electron chi connectivity index (χ1n) is 8.84. The van der Waals surface area contributed by atoms with Crippen LogP contribution in [0.1, 0.15) is 48.1 Å². The van der Waals surface area contributed by atoms with Crippen LogP contribution in [0.5, 0.6) is 11.5 Å². The zero-order valence-electron chi connectivity index (χ0n) is 16.2. The molecule has 0 aliphatic heterocycles. The molecule has 0 spiro atoms. The lowest BCUT2D eigenvalue weighted by Crippen LogP contribution is -2.07. The highest BCUT2D eigenvalue weighted by molar-refractivity contribution is 7.09. The molecule has 1 unspecified atom stereocenters. The van der Waals surface area contributed by atoms with Crippen molar-refractivity contribution >= 4 is 17.3 Å². The van der Waals surface area contributed by atoms with E-state index in [1.807, 2.05) is 12.3 Å². The van der Waals surface area contributed by atoms with E-state index in [9.17, 15) is 9.90 Å². The Bertz CT molecular complexity index is 761. The van der Waals surface area contributed by atoms with E-state index < -0.39 is 5.97 Å². The van der Waals surface area contributed by atoms with Gasteiger partial charge in [0, 0.05) is 11.4 Å². The molecular weight excluding hydrogens is 368 g/mol. The summed E-state index contributed by atoms with van der Waals surface area (Å²) in [6, 6.07) is 1.49. The number of esters is 1. The molecule has 27 heavy (non-hydrogen) atoms. The number of rotatable bonds is 10. The Morgan fingerprint density at radius 1 is 1.19 bits per heavy atom. The monoisotopic (exact) mass is 394 g/mol. The highest BCUT2D eigenvalue weighted by atomic mass is 32.1. The second kappa shape index (κ2) is 10.2. The van der Waals surface area contributed by atoms with E-state index >= 15 is 0 Å². The first kappa shape index (κ1) is 21.1. The number of unbranched alkanes of at least 4 members (excludes halogenated alkanes) is 2. The van der Waals surface area contributed by atoms with Crippen LogP contribution in [0.15, 0.2) is 11.4 Å². The van der Waals surface area contributed by atoms with Gasteiger partial charge in [-0.05, 0) is 26.2 Å². The molecule has 2 heterocycles. The predicted octanol–water partition coefficient (Wildman–Crippen LogP) is 3.49. The van der Waals surface area contributed by atoms with Gasteiger partial charge in [0.1, 0.15) is 11.4 Å². The van der Waals surface area contributed by atoms with Crippen LogP contribution < -0.4 is 9.47 Å². The Balaban J connectivity index is 2.19. The fourth-order valence-corrected chi connectivity index (χ4v) is 3.49. The SMILES string of the molecule is COC(=O)c1cc(OC)c(OC)c(-c2csc(CCCCCC(C)O)n2)n1. The molecule has 0 amide bonds. The van der Waals surface area contributed by atoms with Gasteiger partial charge in [0.2, 0.25) is 0 Å². The molecule has 0 saturated carbocycles. The maximum atomic E-state index is 11.9. The summed E-state index contributed by atoms with van der Waals surface area (Å²) in [4.78, 5) is 20.9. The number of nitrogens with zero attached hydrogens (tertiary/aromatic N) is 2. The molecule has 2 aromatic heterocycles. The average molecular weight is 394 g/mol. The summed E-state index contributed by atoms with van der Waals surface area (Å²) in [6.45, 7) is 1.81. The van der Waals surface area contributed by atoms with E-state index in [1.54, 1.807) is 11.3 Å². The zero-order valence-corrected chi connectivity index (χ0v) is 17.0. The third-order valence-corrected chi connectivity index (χ3v) is 4.97. The molecule has 0 aliphatic carbocycles. The lowest BCUT2D eigenvalue weighted by atomic mass is 10.1. The standard InChI is InChI=1S/C19H26N2O5S/c1-12(22)8-6-5-7-9-16-20-14(11-27-16)17-18(25-3)15(24-2)10-13(21-17)19(23)26-4/h10-12,22H,5-9H2,1-4H3. The van der Waals surface area contributed by atoms with E-state index in [-0.39, 0.29) is 11.8 Å². The van der Waals surface area contributed by atoms with Gasteiger partial charge in [-0.15, -0.1) is 11.3 Å². The van der Waals surface area contributed by atoms with Crippen LogP contribution in [-0.4, -0.2) is 48.5 Å². The molecule has 0 radical (unpaired) electrons. The zero-order chi connectivity index (χ0) is 19.8. The number of aryl methyl sites for hydroxylation is 1. The Kier molecular flexibility index (Phi) is 7.99. The minimum absolute atomic E-state index is 0.137. The van der Waals surface area contributed by atoms with Crippen molar-refractivity contribution in [2.24, 2.45) is 0 Å². The molecule has 0 saturated heterocycles. The van der Waals surface area contributed by atoms with E-state index in [0.29, 0.717) is 22.9 Å². The molecule has 1 atom stereocenters.